The molecule has 2 aliphatic heterocycles. The summed E-state index contributed by atoms with van der Waals surface area (Å²) < 4.78 is 10.5. The number of ether oxygens (including phenoxy) is 2. The molecule has 0 spiro atoms. The topological polar surface area (TPSA) is 174 Å². The maximum absolute atomic E-state index is 12.3. The zero-order chi connectivity index (χ0) is 42.8. The van der Waals surface area contributed by atoms with E-state index < -0.39 is 17.2 Å². The van der Waals surface area contributed by atoms with Crippen LogP contribution in [-0.4, -0.2) is 120 Å². The molecule has 0 bridgehead atoms. The average Bonchev–Trinajstić information content (AvgIpc) is 3.50. The molecule has 5 amide bonds. The number of rotatable bonds is 18. The Labute approximate surface area is 338 Å². The number of ketones is 3. The summed E-state index contributed by atoms with van der Waals surface area (Å²) in [7, 11) is 0. The third-order valence-electron chi connectivity index (χ3n) is 7.97. The fourth-order valence-corrected chi connectivity index (χ4v) is 5.71. The summed E-state index contributed by atoms with van der Waals surface area (Å²) in [6.07, 6.45) is 3.73. The number of nitrogens with zero attached hydrogens (tertiary/aromatic N) is 2. The van der Waals surface area contributed by atoms with E-state index in [1.54, 1.807) is 0 Å². The molecule has 1 atom stereocenters. The van der Waals surface area contributed by atoms with Crippen LogP contribution in [0.5, 0.6) is 0 Å². The molecule has 13 nitrogen and oxygen atoms in total. The Hall–Kier alpha value is -2.88. The number of Topliss-reactive ketones (excluding diaryl/α,β-unsaturated/α-hetero) is 3. The Bertz CT molecular complexity index is 1350. The first-order valence-corrected chi connectivity index (χ1v) is 20.4. The quantitative estimate of drug-likeness (QED) is 0.110. The van der Waals surface area contributed by atoms with Crippen molar-refractivity contribution in [1.82, 2.24) is 15.1 Å². The molecule has 1 N–H and O–H groups in total. The number of thioether (sulfide) groups is 1. The van der Waals surface area contributed by atoms with Gasteiger partial charge in [0.05, 0.1) is 25.1 Å². The van der Waals surface area contributed by atoms with Crippen molar-refractivity contribution in [2.24, 2.45) is 21.7 Å². The first-order chi connectivity index (χ1) is 25.1. The van der Waals surface area contributed by atoms with Crippen molar-refractivity contribution in [2.45, 2.75) is 114 Å². The standard InChI is InChI=1S/C17H26N2O6.C16H27NO3S.C7H14OS/c1-17(2,3)13(20)12-25-11-10-24-9-7-18-14(21)6-8-19-15(22)4-5-16(19)23;1-15(2,3)10-17-13(19)9-11(14(17)20)21-8-7-12(18)16(4,5)6;1-7(2,3)6(8)4-5-9/h4-5H,6-12H2,1-3H3,(H,18,21);11H,7-10H2,1-6H3;9H,4-5H2,1-3H3. The zero-order valence-electron chi connectivity index (χ0n) is 35.3. The van der Waals surface area contributed by atoms with Crippen molar-refractivity contribution < 1.29 is 47.8 Å². The van der Waals surface area contributed by atoms with E-state index >= 15 is 0 Å². The average molecular weight is 814 g/mol. The monoisotopic (exact) mass is 813 g/mol. The largest absolute Gasteiger partial charge is 0.377 e. The Kier molecular flexibility index (Phi) is 22.8. The first-order valence-electron chi connectivity index (χ1n) is 18.7. The van der Waals surface area contributed by atoms with Crippen LogP contribution in [0.25, 0.3) is 0 Å². The summed E-state index contributed by atoms with van der Waals surface area (Å²) in [5.74, 6) is 0.540. The van der Waals surface area contributed by atoms with Crippen LogP contribution >= 0.6 is 24.4 Å². The maximum Gasteiger partial charge on any atom is 0.253 e. The van der Waals surface area contributed by atoms with Gasteiger partial charge in [-0.3, -0.25) is 48.2 Å². The molecular formula is C40H67N3O10S2. The van der Waals surface area contributed by atoms with Crippen molar-refractivity contribution in [3.8, 4) is 0 Å². The number of nitrogens with one attached hydrogen (secondary N) is 1. The van der Waals surface area contributed by atoms with E-state index in [2.05, 4.69) is 17.9 Å². The van der Waals surface area contributed by atoms with Gasteiger partial charge in [-0.25, -0.2) is 0 Å². The molecule has 314 valence electrons. The van der Waals surface area contributed by atoms with Gasteiger partial charge in [-0.1, -0.05) is 83.1 Å². The molecule has 0 radical (unpaired) electrons. The second-order valence-electron chi connectivity index (χ2n) is 17.6. The van der Waals surface area contributed by atoms with Crippen LogP contribution in [-0.2, 0) is 47.8 Å². The molecule has 0 saturated carbocycles. The number of hydrogen-bond acceptors (Lipinski definition) is 12. The molecule has 15 heteroatoms. The molecule has 1 saturated heterocycles. The Morgan fingerprint density at radius 2 is 1.24 bits per heavy atom. The number of thiol groups is 1. The first kappa shape index (κ1) is 52.1. The number of hydrogen-bond donors (Lipinski definition) is 2. The smallest absolute Gasteiger partial charge is 0.253 e. The van der Waals surface area contributed by atoms with Gasteiger partial charge in [0, 0.05) is 79.5 Å². The molecular weight excluding hydrogens is 747 g/mol. The molecule has 1 fully saturated rings. The van der Waals surface area contributed by atoms with E-state index in [1.807, 2.05) is 83.1 Å². The fraction of sp³-hybridized carbons (Fsp3) is 0.750. The highest BCUT2D eigenvalue weighted by molar-refractivity contribution is 8.00. The van der Waals surface area contributed by atoms with Crippen LogP contribution in [0.2, 0.25) is 0 Å². The van der Waals surface area contributed by atoms with Crippen molar-refractivity contribution in [3.05, 3.63) is 12.2 Å². The van der Waals surface area contributed by atoms with E-state index in [0.29, 0.717) is 57.3 Å². The minimum Gasteiger partial charge on any atom is -0.377 e. The van der Waals surface area contributed by atoms with Crippen molar-refractivity contribution >= 4 is 71.3 Å². The lowest BCUT2D eigenvalue weighted by atomic mass is 9.89. The second kappa shape index (κ2) is 24.0. The molecule has 0 aromatic rings. The van der Waals surface area contributed by atoms with Crippen molar-refractivity contribution in [1.29, 1.82) is 0 Å². The van der Waals surface area contributed by atoms with Crippen LogP contribution in [0.1, 0.15) is 109 Å². The van der Waals surface area contributed by atoms with Crippen LogP contribution < -0.4 is 5.32 Å². The van der Waals surface area contributed by atoms with Gasteiger partial charge in [0.15, 0.2) is 5.78 Å². The lowest BCUT2D eigenvalue weighted by Crippen LogP contribution is -2.38. The third-order valence-corrected chi connectivity index (χ3v) is 9.40. The summed E-state index contributed by atoms with van der Waals surface area (Å²) in [6.45, 7) is 24.9. The van der Waals surface area contributed by atoms with Gasteiger partial charge in [0.25, 0.3) is 11.8 Å². The van der Waals surface area contributed by atoms with E-state index in [9.17, 15) is 38.4 Å². The summed E-state index contributed by atoms with van der Waals surface area (Å²) in [4.78, 5) is 95.3. The fourth-order valence-electron chi connectivity index (χ4n) is 4.39. The number of carbonyl (C=O) groups is 8. The molecule has 55 heavy (non-hydrogen) atoms. The molecule has 0 aromatic carbocycles. The zero-order valence-corrected chi connectivity index (χ0v) is 37.0. The third kappa shape index (κ3) is 22.5. The van der Waals surface area contributed by atoms with Crippen LogP contribution in [0, 0.1) is 21.7 Å². The Morgan fingerprint density at radius 1 is 0.727 bits per heavy atom. The predicted octanol–water partition coefficient (Wildman–Crippen LogP) is 4.89. The summed E-state index contributed by atoms with van der Waals surface area (Å²) >= 11 is 5.41. The summed E-state index contributed by atoms with van der Waals surface area (Å²) in [6, 6.07) is 0. The Balaban J connectivity index is 0.000000877. The van der Waals surface area contributed by atoms with Crippen LogP contribution in [0.4, 0.5) is 0 Å². The van der Waals surface area contributed by atoms with Crippen LogP contribution in [0.3, 0.4) is 0 Å². The summed E-state index contributed by atoms with van der Waals surface area (Å²) in [5.41, 5.74) is -1.02. The van der Waals surface area contributed by atoms with Gasteiger partial charge in [-0.2, -0.15) is 12.6 Å². The lowest BCUT2D eigenvalue weighted by molar-refractivity contribution is -0.140. The maximum atomic E-state index is 12.3. The number of carbonyl (C=O) groups excluding carboxylic acids is 8. The molecule has 0 aliphatic carbocycles. The van der Waals surface area contributed by atoms with Gasteiger partial charge < -0.3 is 14.8 Å². The van der Waals surface area contributed by atoms with Gasteiger partial charge in [-0.05, 0) is 11.2 Å². The second-order valence-corrected chi connectivity index (χ2v) is 19.4. The highest BCUT2D eigenvalue weighted by atomic mass is 32.2. The predicted molar refractivity (Wildman–Crippen MR) is 219 cm³/mol. The number of amides is 5. The van der Waals surface area contributed by atoms with E-state index in [1.165, 1.54) is 28.8 Å². The highest BCUT2D eigenvalue weighted by Gasteiger charge is 2.40. The van der Waals surface area contributed by atoms with Crippen molar-refractivity contribution in [3.63, 3.8) is 0 Å². The molecule has 2 rings (SSSR count). The van der Waals surface area contributed by atoms with Gasteiger partial charge in [0.1, 0.15) is 18.2 Å². The molecule has 1 unspecified atom stereocenters. The van der Waals surface area contributed by atoms with Gasteiger partial charge in [0.2, 0.25) is 17.7 Å². The molecule has 2 heterocycles. The highest BCUT2D eigenvalue weighted by Crippen LogP contribution is 2.29. The van der Waals surface area contributed by atoms with Gasteiger partial charge >= 0.3 is 0 Å². The lowest BCUT2D eigenvalue weighted by Gasteiger charge is -2.25. The molecule has 2 aliphatic rings. The van der Waals surface area contributed by atoms with Crippen LogP contribution in [0.15, 0.2) is 12.2 Å². The minimum absolute atomic E-state index is 0.0323. The number of likely N-dealkylation sites (tertiary alicyclic amines) is 1. The number of imide groups is 2. The van der Waals surface area contributed by atoms with E-state index in [-0.39, 0.29) is 82.6 Å². The normalized spacial score (nSPS) is 16.1. The van der Waals surface area contributed by atoms with Gasteiger partial charge in [-0.15, -0.1) is 11.8 Å². The Morgan fingerprint density at radius 3 is 1.71 bits per heavy atom. The minimum atomic E-state index is -0.411. The molecule has 0 aromatic heterocycles. The van der Waals surface area contributed by atoms with E-state index in [4.69, 9.17) is 9.47 Å². The van der Waals surface area contributed by atoms with E-state index in [0.717, 1.165) is 4.90 Å². The summed E-state index contributed by atoms with van der Waals surface area (Å²) in [5, 5.41) is 2.32. The van der Waals surface area contributed by atoms with Crippen molar-refractivity contribution in [2.75, 3.05) is 57.6 Å². The SMILES string of the molecule is CC(C)(C)C(=O)CCS.CC(C)(C)C(=O)COCCOCCNC(=O)CCN1C(=O)C=CC1=O.CC(C)(C)CN1C(=O)CC(SCCC(=O)C(C)(C)C)C1=O.